The van der Waals surface area contributed by atoms with E-state index >= 15 is 0 Å². The van der Waals surface area contributed by atoms with Gasteiger partial charge in [0.15, 0.2) is 0 Å². The van der Waals surface area contributed by atoms with Crippen molar-refractivity contribution < 1.29 is 24.2 Å². The summed E-state index contributed by atoms with van der Waals surface area (Å²) >= 11 is 3.30. The number of carbonyl (C=O) groups excluding carboxylic acids is 3. The number of amides is 3. The zero-order valence-electron chi connectivity index (χ0n) is 17.1. The zero-order chi connectivity index (χ0) is 24.6. The molecule has 1 aliphatic rings. The van der Waals surface area contributed by atoms with E-state index in [0.717, 1.165) is 27.7 Å². The average Bonchev–Trinajstić information content (AvgIpc) is 3.08. The van der Waals surface area contributed by atoms with Crippen LogP contribution in [0.5, 0.6) is 0 Å². The summed E-state index contributed by atoms with van der Waals surface area (Å²) in [6.07, 6.45) is 0. The fourth-order valence-corrected chi connectivity index (χ4v) is 3.76. The number of benzene rings is 3. The number of carbonyl (C=O) groups is 3. The molecule has 170 valence electrons. The first-order valence-corrected chi connectivity index (χ1v) is 10.4. The van der Waals surface area contributed by atoms with Crippen LogP contribution in [-0.2, 0) is 6.54 Å². The van der Waals surface area contributed by atoms with Crippen LogP contribution in [0, 0.1) is 20.2 Å². The van der Waals surface area contributed by atoms with Gasteiger partial charge in [-0.15, -0.1) is 0 Å². The van der Waals surface area contributed by atoms with Crippen LogP contribution in [0.2, 0.25) is 0 Å². The van der Waals surface area contributed by atoms with Crippen LogP contribution in [0.1, 0.15) is 36.6 Å². The van der Waals surface area contributed by atoms with Crippen LogP contribution in [0.3, 0.4) is 0 Å². The lowest BCUT2D eigenvalue weighted by Gasteiger charge is -2.30. The number of fused-ring (bicyclic) bond motifs is 1. The van der Waals surface area contributed by atoms with Crippen LogP contribution in [0.25, 0.3) is 0 Å². The normalized spacial score (nSPS) is 12.4. The third-order valence-corrected chi connectivity index (χ3v) is 5.64. The number of hydrogen-bond donors (Lipinski definition) is 0. The molecular weight excluding hydrogens is 512 g/mol. The molecule has 0 unspecified atom stereocenters. The molecule has 1 aliphatic heterocycles. The molecule has 3 aromatic rings. The van der Waals surface area contributed by atoms with Gasteiger partial charge in [-0.2, -0.15) is 5.01 Å². The number of halogens is 1. The van der Waals surface area contributed by atoms with Gasteiger partial charge in [0.25, 0.3) is 29.1 Å². The SMILES string of the molecule is O=C(c1ccc([N+](=O)[O-])cc1)N(Cc1ccc(Br)cc1)N1C(=O)c2cccc([N+](=O)[O-])c2C1=O. The average molecular weight is 525 g/mol. The number of nitro groups is 2. The van der Waals surface area contributed by atoms with Gasteiger partial charge in [0.2, 0.25) is 0 Å². The number of imide groups is 1. The summed E-state index contributed by atoms with van der Waals surface area (Å²) in [5.74, 6) is -2.70. The monoisotopic (exact) mass is 524 g/mol. The largest absolute Gasteiger partial charge is 0.287 e. The quantitative estimate of drug-likeness (QED) is 0.268. The van der Waals surface area contributed by atoms with Crippen LogP contribution in [-0.4, -0.2) is 37.6 Å². The molecule has 1 heterocycles. The molecule has 0 N–H and O–H groups in total. The smallest absolute Gasteiger partial charge is 0.267 e. The van der Waals surface area contributed by atoms with Crippen molar-refractivity contribution >= 4 is 45.0 Å². The predicted molar refractivity (Wildman–Crippen MR) is 121 cm³/mol. The second-order valence-corrected chi connectivity index (χ2v) is 8.09. The first-order valence-electron chi connectivity index (χ1n) is 9.66. The minimum atomic E-state index is -1.01. The van der Waals surface area contributed by atoms with E-state index in [2.05, 4.69) is 15.9 Å². The van der Waals surface area contributed by atoms with Gasteiger partial charge in [-0.25, -0.2) is 5.01 Å². The number of non-ortho nitro benzene ring substituents is 1. The molecule has 0 fully saturated rings. The number of nitrogens with zero attached hydrogens (tertiary/aromatic N) is 4. The number of hydrazine groups is 1. The summed E-state index contributed by atoms with van der Waals surface area (Å²) in [4.78, 5) is 60.7. The molecule has 3 aromatic carbocycles. The van der Waals surface area contributed by atoms with Crippen molar-refractivity contribution in [2.24, 2.45) is 0 Å². The Balaban J connectivity index is 1.78. The van der Waals surface area contributed by atoms with Crippen molar-refractivity contribution in [1.29, 1.82) is 0 Å². The fourth-order valence-electron chi connectivity index (χ4n) is 3.50. The van der Waals surface area contributed by atoms with Crippen molar-refractivity contribution in [3.8, 4) is 0 Å². The molecule has 0 aromatic heterocycles. The van der Waals surface area contributed by atoms with Crippen molar-refractivity contribution in [2.75, 3.05) is 0 Å². The second-order valence-electron chi connectivity index (χ2n) is 7.17. The maximum Gasteiger partial charge on any atom is 0.287 e. The minimum Gasteiger partial charge on any atom is -0.267 e. The van der Waals surface area contributed by atoms with Gasteiger partial charge in [-0.05, 0) is 35.9 Å². The Morgan fingerprint density at radius 3 is 2.12 bits per heavy atom. The maximum absolute atomic E-state index is 13.4. The van der Waals surface area contributed by atoms with Crippen LogP contribution in [0.15, 0.2) is 71.2 Å². The van der Waals surface area contributed by atoms with E-state index in [9.17, 15) is 34.6 Å². The molecule has 12 heteroatoms. The second kappa shape index (κ2) is 8.83. The Labute approximate surface area is 199 Å². The summed E-state index contributed by atoms with van der Waals surface area (Å²) in [5, 5.41) is 23.8. The molecule has 0 saturated carbocycles. The lowest BCUT2D eigenvalue weighted by Crippen LogP contribution is -2.49. The van der Waals surface area contributed by atoms with E-state index in [1.807, 2.05) is 0 Å². The summed E-state index contributed by atoms with van der Waals surface area (Å²) in [6, 6.07) is 15.1. The third kappa shape index (κ3) is 4.01. The van der Waals surface area contributed by atoms with Gasteiger partial charge < -0.3 is 0 Å². The van der Waals surface area contributed by atoms with Crippen LogP contribution < -0.4 is 0 Å². The highest BCUT2D eigenvalue weighted by molar-refractivity contribution is 9.10. The van der Waals surface area contributed by atoms with Crippen molar-refractivity contribution in [1.82, 2.24) is 10.0 Å². The van der Waals surface area contributed by atoms with Gasteiger partial charge in [-0.3, -0.25) is 34.6 Å². The van der Waals surface area contributed by atoms with E-state index in [-0.39, 0.29) is 23.4 Å². The summed E-state index contributed by atoms with van der Waals surface area (Å²) in [7, 11) is 0. The van der Waals surface area contributed by atoms with E-state index < -0.39 is 38.8 Å². The van der Waals surface area contributed by atoms with E-state index in [4.69, 9.17) is 0 Å². The van der Waals surface area contributed by atoms with E-state index in [0.29, 0.717) is 10.6 Å². The highest BCUT2D eigenvalue weighted by Gasteiger charge is 2.45. The van der Waals surface area contributed by atoms with E-state index in [1.165, 1.54) is 24.3 Å². The molecular formula is C22H13BrN4O7. The minimum absolute atomic E-state index is 0.0197. The van der Waals surface area contributed by atoms with Gasteiger partial charge in [-0.1, -0.05) is 34.1 Å². The summed E-state index contributed by atoms with van der Waals surface area (Å²) in [5.41, 5.74) is -0.860. The molecule has 0 bridgehead atoms. The lowest BCUT2D eigenvalue weighted by molar-refractivity contribution is -0.385. The molecule has 0 atom stereocenters. The van der Waals surface area contributed by atoms with Crippen molar-refractivity contribution in [2.45, 2.75) is 6.54 Å². The van der Waals surface area contributed by atoms with Gasteiger partial charge in [0.1, 0.15) is 5.56 Å². The van der Waals surface area contributed by atoms with E-state index in [1.54, 1.807) is 24.3 Å². The third-order valence-electron chi connectivity index (χ3n) is 5.11. The Morgan fingerprint density at radius 2 is 1.53 bits per heavy atom. The molecule has 34 heavy (non-hydrogen) atoms. The fraction of sp³-hybridized carbons (Fsp3) is 0.0455. The van der Waals surface area contributed by atoms with Crippen molar-refractivity contribution in [3.63, 3.8) is 0 Å². The molecule has 0 aliphatic carbocycles. The highest BCUT2D eigenvalue weighted by Crippen LogP contribution is 2.33. The predicted octanol–water partition coefficient (Wildman–Crippen LogP) is 4.12. The summed E-state index contributed by atoms with van der Waals surface area (Å²) < 4.78 is 0.765. The number of rotatable bonds is 6. The van der Waals surface area contributed by atoms with Gasteiger partial charge >= 0.3 is 0 Å². The topological polar surface area (TPSA) is 144 Å². The molecule has 0 radical (unpaired) electrons. The first kappa shape index (κ1) is 22.7. The molecule has 11 nitrogen and oxygen atoms in total. The van der Waals surface area contributed by atoms with Crippen LogP contribution >= 0.6 is 15.9 Å². The number of hydrogen-bond acceptors (Lipinski definition) is 7. The molecule has 4 rings (SSSR count). The number of nitro benzene ring substituents is 2. The maximum atomic E-state index is 13.4. The van der Waals surface area contributed by atoms with Crippen LogP contribution in [0.4, 0.5) is 11.4 Å². The zero-order valence-corrected chi connectivity index (χ0v) is 18.7. The Bertz CT molecular complexity index is 1360. The highest BCUT2D eigenvalue weighted by atomic mass is 79.9. The first-order chi connectivity index (χ1) is 16.2. The Kier molecular flexibility index (Phi) is 5.90. The molecule has 0 spiro atoms. The Hall–Kier alpha value is -4.45. The summed E-state index contributed by atoms with van der Waals surface area (Å²) in [6.45, 7) is -0.220. The molecule has 0 saturated heterocycles. The lowest BCUT2D eigenvalue weighted by atomic mass is 10.1. The molecule has 3 amide bonds. The van der Waals surface area contributed by atoms with Gasteiger partial charge in [0.05, 0.1) is 22.0 Å². The Morgan fingerprint density at radius 1 is 0.882 bits per heavy atom. The standard InChI is InChI=1S/C22H13BrN4O7/c23-15-8-4-13(5-9-15)12-24(20(28)14-6-10-16(11-7-14)26(31)32)25-21(29)17-2-1-3-18(27(33)34)19(17)22(25)30/h1-11H,12H2. The van der Waals surface area contributed by atoms with Gasteiger partial charge in [0, 0.05) is 28.2 Å². The van der Waals surface area contributed by atoms with Crippen molar-refractivity contribution in [3.05, 3.63) is 114 Å².